The van der Waals surface area contributed by atoms with Gasteiger partial charge in [0.05, 0.1) is 17.9 Å². The summed E-state index contributed by atoms with van der Waals surface area (Å²) >= 11 is 4.73. The highest BCUT2D eigenvalue weighted by atomic mass is 32.1. The van der Waals surface area contributed by atoms with Gasteiger partial charge < -0.3 is 15.1 Å². The Balaban J connectivity index is 1.24. The Morgan fingerprint density at radius 3 is 2.56 bits per heavy atom. The van der Waals surface area contributed by atoms with Gasteiger partial charge in [0.15, 0.2) is 0 Å². The fraction of sp³-hybridized carbons (Fsp3) is 0.393. The molecule has 1 saturated carbocycles. The van der Waals surface area contributed by atoms with Crippen LogP contribution in [-0.4, -0.2) is 41.0 Å². The number of nitrogens with one attached hydrogen (secondary N) is 1. The number of piperazine rings is 1. The molecule has 1 saturated heterocycles. The summed E-state index contributed by atoms with van der Waals surface area (Å²) in [7, 11) is 0. The Labute approximate surface area is 209 Å². The standard InChI is InChI=1S/C28H35N5S/c1-20-26-10-6-7-11-27(26)33(22(3)30-20)19-25-16-24(28(34)17-29-25)18-31-12-14-32(15-13-31)21(2)23-8-4-5-9-23/h6-7,10-11,16-17,23,30,34H,1-5,8-9,12-15,18-19H2. The number of benzene rings is 1. The van der Waals surface area contributed by atoms with Gasteiger partial charge in [-0.05, 0) is 36.5 Å². The second kappa shape index (κ2) is 9.88. The summed E-state index contributed by atoms with van der Waals surface area (Å²) in [6, 6.07) is 10.5. The number of para-hydroxylation sites is 1. The van der Waals surface area contributed by atoms with Crippen molar-refractivity contribution < 1.29 is 0 Å². The van der Waals surface area contributed by atoms with Gasteiger partial charge in [0, 0.05) is 60.8 Å². The van der Waals surface area contributed by atoms with Crippen LogP contribution in [0.2, 0.25) is 0 Å². The van der Waals surface area contributed by atoms with E-state index in [0.29, 0.717) is 12.5 Å². The molecule has 0 amide bonds. The van der Waals surface area contributed by atoms with Crippen molar-refractivity contribution in [2.75, 3.05) is 31.1 Å². The van der Waals surface area contributed by atoms with Crippen LogP contribution < -0.4 is 10.2 Å². The van der Waals surface area contributed by atoms with E-state index >= 15 is 0 Å². The first-order chi connectivity index (χ1) is 16.5. The second-order valence-electron chi connectivity index (χ2n) is 9.69. The molecule has 3 heterocycles. The van der Waals surface area contributed by atoms with Crippen LogP contribution in [0.15, 0.2) is 72.7 Å². The van der Waals surface area contributed by atoms with Gasteiger partial charge in [0.1, 0.15) is 5.82 Å². The highest BCUT2D eigenvalue weighted by Crippen LogP contribution is 2.34. The monoisotopic (exact) mass is 473 g/mol. The SMILES string of the molecule is C=C1NC(=C)N(Cc2cc(CN3CCN(C(=C)C4CCCC4)CC3)c(S)cn2)c2ccccc21. The maximum atomic E-state index is 4.73. The first-order valence-corrected chi connectivity index (χ1v) is 12.8. The molecule has 0 spiro atoms. The predicted molar refractivity (Wildman–Crippen MR) is 143 cm³/mol. The fourth-order valence-electron chi connectivity index (χ4n) is 5.46. The van der Waals surface area contributed by atoms with Crippen LogP contribution in [-0.2, 0) is 13.1 Å². The number of pyridine rings is 1. The third-order valence-electron chi connectivity index (χ3n) is 7.48. The van der Waals surface area contributed by atoms with Crippen molar-refractivity contribution >= 4 is 24.0 Å². The summed E-state index contributed by atoms with van der Waals surface area (Å²) in [5, 5.41) is 3.30. The minimum atomic E-state index is 0.645. The zero-order valence-corrected chi connectivity index (χ0v) is 20.9. The lowest BCUT2D eigenvalue weighted by Crippen LogP contribution is -2.46. The molecule has 178 valence electrons. The zero-order valence-electron chi connectivity index (χ0n) is 20.0. The molecule has 1 aliphatic carbocycles. The molecular formula is C28H35N5S. The van der Waals surface area contributed by atoms with Crippen molar-refractivity contribution in [2.45, 2.75) is 43.7 Å². The first kappa shape index (κ1) is 23.1. The molecule has 1 aromatic heterocycles. The number of rotatable bonds is 6. The molecule has 0 bridgehead atoms. The second-order valence-corrected chi connectivity index (χ2v) is 10.2. The number of thiol groups is 1. The molecule has 5 rings (SSSR count). The third kappa shape index (κ3) is 4.75. The van der Waals surface area contributed by atoms with Gasteiger partial charge in [-0.1, -0.05) is 50.8 Å². The van der Waals surface area contributed by atoms with E-state index in [1.54, 1.807) is 0 Å². The quantitative estimate of drug-likeness (QED) is 0.561. The zero-order chi connectivity index (χ0) is 23.7. The van der Waals surface area contributed by atoms with E-state index in [-0.39, 0.29) is 0 Å². The number of anilines is 1. The average Bonchev–Trinajstić information content (AvgIpc) is 3.39. The minimum absolute atomic E-state index is 0.645. The number of allylic oxidation sites excluding steroid dienone is 1. The summed E-state index contributed by atoms with van der Waals surface area (Å²) in [5.74, 6) is 1.53. The van der Waals surface area contributed by atoms with E-state index in [1.807, 2.05) is 12.3 Å². The minimum Gasteiger partial charge on any atom is -0.372 e. The highest BCUT2D eigenvalue weighted by molar-refractivity contribution is 7.80. The molecule has 34 heavy (non-hydrogen) atoms. The molecule has 2 fully saturated rings. The number of fused-ring (bicyclic) bond motifs is 1. The highest BCUT2D eigenvalue weighted by Gasteiger charge is 2.26. The average molecular weight is 474 g/mol. The molecule has 6 heteroatoms. The van der Waals surface area contributed by atoms with E-state index in [1.165, 1.54) is 36.9 Å². The normalized spacial score (nSPS) is 19.3. The van der Waals surface area contributed by atoms with Crippen LogP contribution in [0.5, 0.6) is 0 Å². The maximum absolute atomic E-state index is 4.73. The van der Waals surface area contributed by atoms with Crippen molar-refractivity contribution in [2.24, 2.45) is 5.92 Å². The summed E-state index contributed by atoms with van der Waals surface area (Å²) in [6.45, 7) is 18.6. The summed E-state index contributed by atoms with van der Waals surface area (Å²) in [5.41, 5.74) is 6.68. The number of aromatic nitrogens is 1. The van der Waals surface area contributed by atoms with Crippen molar-refractivity contribution in [3.05, 3.63) is 84.6 Å². The van der Waals surface area contributed by atoms with E-state index in [4.69, 9.17) is 12.6 Å². The lowest BCUT2D eigenvalue weighted by atomic mass is 10.0. The van der Waals surface area contributed by atoms with E-state index in [0.717, 1.165) is 66.1 Å². The molecule has 3 aliphatic rings. The lowest BCUT2D eigenvalue weighted by Gasteiger charge is -2.39. The van der Waals surface area contributed by atoms with Crippen LogP contribution in [0.1, 0.15) is 42.5 Å². The Hall–Kier alpha value is -2.70. The van der Waals surface area contributed by atoms with E-state index in [9.17, 15) is 0 Å². The summed E-state index contributed by atoms with van der Waals surface area (Å²) in [6.07, 6.45) is 7.25. The van der Waals surface area contributed by atoms with E-state index in [2.05, 4.69) is 69.0 Å². The number of hydrogen-bond donors (Lipinski definition) is 2. The van der Waals surface area contributed by atoms with Gasteiger partial charge in [-0.25, -0.2) is 0 Å². The predicted octanol–water partition coefficient (Wildman–Crippen LogP) is 5.24. The van der Waals surface area contributed by atoms with Crippen molar-refractivity contribution in [3.63, 3.8) is 0 Å². The topological polar surface area (TPSA) is 34.6 Å². The molecule has 0 radical (unpaired) electrons. The molecule has 1 aromatic carbocycles. The van der Waals surface area contributed by atoms with Gasteiger partial charge >= 0.3 is 0 Å². The first-order valence-electron chi connectivity index (χ1n) is 12.3. The van der Waals surface area contributed by atoms with Crippen LogP contribution in [0.3, 0.4) is 0 Å². The Morgan fingerprint density at radius 1 is 1.06 bits per heavy atom. The molecule has 1 N–H and O–H groups in total. The van der Waals surface area contributed by atoms with Crippen LogP contribution in [0, 0.1) is 5.92 Å². The van der Waals surface area contributed by atoms with Gasteiger partial charge in [0.2, 0.25) is 0 Å². The van der Waals surface area contributed by atoms with Crippen molar-refractivity contribution in [1.29, 1.82) is 0 Å². The van der Waals surface area contributed by atoms with Crippen LogP contribution in [0.4, 0.5) is 5.69 Å². The molecule has 5 nitrogen and oxygen atoms in total. The molecular weight excluding hydrogens is 438 g/mol. The third-order valence-corrected chi connectivity index (χ3v) is 7.89. The molecule has 2 aromatic rings. The Kier molecular flexibility index (Phi) is 6.70. The molecule has 0 unspecified atom stereocenters. The molecule has 0 atom stereocenters. The van der Waals surface area contributed by atoms with Crippen molar-refractivity contribution in [3.8, 4) is 0 Å². The van der Waals surface area contributed by atoms with Gasteiger partial charge in [-0.15, -0.1) is 12.6 Å². The van der Waals surface area contributed by atoms with Gasteiger partial charge in [0.25, 0.3) is 0 Å². The summed E-state index contributed by atoms with van der Waals surface area (Å²) in [4.78, 5) is 12.8. The fourth-order valence-corrected chi connectivity index (χ4v) is 5.66. The van der Waals surface area contributed by atoms with Gasteiger partial charge in [-0.3, -0.25) is 9.88 Å². The number of hydrogen-bond acceptors (Lipinski definition) is 6. The maximum Gasteiger partial charge on any atom is 0.103 e. The van der Waals surface area contributed by atoms with Crippen molar-refractivity contribution in [1.82, 2.24) is 20.1 Å². The van der Waals surface area contributed by atoms with E-state index < -0.39 is 0 Å². The Morgan fingerprint density at radius 2 is 1.79 bits per heavy atom. The number of nitrogens with zero attached hydrogens (tertiary/aromatic N) is 4. The van der Waals surface area contributed by atoms with Crippen LogP contribution in [0.25, 0.3) is 5.70 Å². The molecule has 2 aliphatic heterocycles. The largest absolute Gasteiger partial charge is 0.372 e. The summed E-state index contributed by atoms with van der Waals surface area (Å²) < 4.78 is 0. The smallest absolute Gasteiger partial charge is 0.103 e. The van der Waals surface area contributed by atoms with Crippen LogP contribution >= 0.6 is 12.6 Å². The van der Waals surface area contributed by atoms with Gasteiger partial charge in [-0.2, -0.15) is 0 Å². The Bertz CT molecular complexity index is 1100. The lowest BCUT2D eigenvalue weighted by molar-refractivity contribution is 0.142.